The molecule has 0 rings (SSSR count). The third-order valence-corrected chi connectivity index (χ3v) is 7.32. The lowest BCUT2D eigenvalue weighted by molar-refractivity contribution is 0.0789. The second kappa shape index (κ2) is 9.99. The summed E-state index contributed by atoms with van der Waals surface area (Å²) in [6.07, 6.45) is 5.14. The molecule has 0 aromatic carbocycles. The lowest BCUT2D eigenvalue weighted by Crippen LogP contribution is -2.45. The molecule has 0 aliphatic heterocycles. The Hall–Kier alpha value is 0.137. The van der Waals surface area contributed by atoms with E-state index in [9.17, 15) is 0 Å². The van der Waals surface area contributed by atoms with E-state index in [1.54, 1.807) is 0 Å². The highest BCUT2D eigenvalue weighted by atomic mass is 28.4. The predicted molar refractivity (Wildman–Crippen MR) is 82.2 cm³/mol. The van der Waals surface area contributed by atoms with Crippen molar-refractivity contribution >= 4 is 8.56 Å². The van der Waals surface area contributed by atoms with Crippen LogP contribution in [0.5, 0.6) is 0 Å². The van der Waals surface area contributed by atoms with Crippen molar-refractivity contribution in [1.29, 1.82) is 0 Å². The van der Waals surface area contributed by atoms with Gasteiger partial charge in [0.05, 0.1) is 0 Å². The van der Waals surface area contributed by atoms with Crippen molar-refractivity contribution in [2.24, 2.45) is 5.92 Å². The molecule has 0 saturated carbocycles. The molecule has 1 unspecified atom stereocenters. The average Bonchev–Trinajstić information content (AvgIpc) is 2.38. The minimum absolute atomic E-state index is 0.364. The van der Waals surface area contributed by atoms with Crippen LogP contribution in [0.15, 0.2) is 0 Å². The van der Waals surface area contributed by atoms with Crippen LogP contribution in [0.25, 0.3) is 0 Å². The van der Waals surface area contributed by atoms with E-state index >= 15 is 0 Å². The van der Waals surface area contributed by atoms with Crippen molar-refractivity contribution in [3.63, 3.8) is 0 Å². The highest BCUT2D eigenvalue weighted by Crippen LogP contribution is 2.25. The molecular formula is C15H34O2Si. The smallest absolute Gasteiger partial charge is 0.337 e. The van der Waals surface area contributed by atoms with Gasteiger partial charge >= 0.3 is 8.56 Å². The van der Waals surface area contributed by atoms with Crippen molar-refractivity contribution in [2.75, 3.05) is 6.61 Å². The van der Waals surface area contributed by atoms with E-state index in [-0.39, 0.29) is 0 Å². The van der Waals surface area contributed by atoms with E-state index in [4.69, 9.17) is 8.85 Å². The molecule has 0 aromatic heterocycles. The van der Waals surface area contributed by atoms with Gasteiger partial charge in [0.15, 0.2) is 0 Å². The van der Waals surface area contributed by atoms with Crippen molar-refractivity contribution < 1.29 is 8.85 Å². The Bertz CT molecular complexity index is 191. The van der Waals surface area contributed by atoms with Crippen LogP contribution in [-0.2, 0) is 8.85 Å². The molecule has 0 radical (unpaired) electrons. The van der Waals surface area contributed by atoms with Gasteiger partial charge in [0, 0.05) is 12.7 Å². The Morgan fingerprint density at radius 3 is 1.94 bits per heavy atom. The number of hydrogen-bond acceptors (Lipinski definition) is 2. The molecule has 3 heteroatoms. The number of hydrogen-bond donors (Lipinski definition) is 0. The first kappa shape index (κ1) is 18.1. The topological polar surface area (TPSA) is 18.5 Å². The molecular weight excluding hydrogens is 240 g/mol. The second-order valence-electron chi connectivity index (χ2n) is 5.48. The van der Waals surface area contributed by atoms with E-state index in [0.29, 0.717) is 12.0 Å². The van der Waals surface area contributed by atoms with Crippen molar-refractivity contribution in [3.05, 3.63) is 0 Å². The molecule has 0 aliphatic carbocycles. The highest BCUT2D eigenvalue weighted by Gasteiger charge is 2.36. The molecule has 0 aromatic rings. The van der Waals surface area contributed by atoms with E-state index in [1.165, 1.54) is 19.3 Å². The van der Waals surface area contributed by atoms with E-state index in [2.05, 4.69) is 41.5 Å². The molecule has 110 valence electrons. The monoisotopic (exact) mass is 274 g/mol. The maximum atomic E-state index is 6.44. The van der Waals surface area contributed by atoms with Crippen LogP contribution < -0.4 is 0 Å². The van der Waals surface area contributed by atoms with Crippen LogP contribution >= 0.6 is 0 Å². The summed E-state index contributed by atoms with van der Waals surface area (Å²) in [7, 11) is -1.94. The van der Waals surface area contributed by atoms with E-state index < -0.39 is 8.56 Å². The fourth-order valence-electron chi connectivity index (χ4n) is 2.23. The zero-order valence-electron chi connectivity index (χ0n) is 13.4. The molecule has 0 spiro atoms. The summed E-state index contributed by atoms with van der Waals surface area (Å²) in [5.74, 6) is 0.583. The molecule has 0 N–H and O–H groups in total. The zero-order chi connectivity index (χ0) is 14.0. The molecule has 0 aliphatic rings. The van der Waals surface area contributed by atoms with Gasteiger partial charge < -0.3 is 8.85 Å². The molecule has 18 heavy (non-hydrogen) atoms. The fourth-order valence-corrected chi connectivity index (χ4v) is 5.05. The molecule has 0 bridgehead atoms. The fraction of sp³-hybridized carbons (Fsp3) is 1.00. The average molecular weight is 275 g/mol. The summed E-state index contributed by atoms with van der Waals surface area (Å²) in [6.45, 7) is 14.3. The predicted octanol–water partition coefficient (Wildman–Crippen LogP) is 5.13. The van der Waals surface area contributed by atoms with Gasteiger partial charge in [0.2, 0.25) is 0 Å². The summed E-state index contributed by atoms with van der Waals surface area (Å²) in [6, 6.07) is 2.14. The van der Waals surface area contributed by atoms with Crippen molar-refractivity contribution in [2.45, 2.75) is 85.4 Å². The molecule has 1 atom stereocenters. The summed E-state index contributed by atoms with van der Waals surface area (Å²) < 4.78 is 12.7. The van der Waals surface area contributed by atoms with Crippen LogP contribution in [-0.4, -0.2) is 21.3 Å². The summed E-state index contributed by atoms with van der Waals surface area (Å²) in [4.78, 5) is 0. The summed E-state index contributed by atoms with van der Waals surface area (Å²) in [5, 5.41) is 0. The summed E-state index contributed by atoms with van der Waals surface area (Å²) in [5.41, 5.74) is 0. The SMILES string of the molecule is CCCCCO[Si](CC)(CC)OC(CC)C(C)C. The summed E-state index contributed by atoms with van der Waals surface area (Å²) >= 11 is 0. The van der Waals surface area contributed by atoms with Gasteiger partial charge in [-0.2, -0.15) is 0 Å². The minimum Gasteiger partial charge on any atom is -0.394 e. The first-order valence-electron chi connectivity index (χ1n) is 7.86. The van der Waals surface area contributed by atoms with Crippen molar-refractivity contribution in [3.8, 4) is 0 Å². The van der Waals surface area contributed by atoms with Gasteiger partial charge in [0.25, 0.3) is 0 Å². The number of rotatable bonds is 11. The maximum Gasteiger partial charge on any atom is 0.337 e. The molecule has 0 fully saturated rings. The van der Waals surface area contributed by atoms with Gasteiger partial charge in [-0.3, -0.25) is 0 Å². The maximum absolute atomic E-state index is 6.44. The third-order valence-electron chi connectivity index (χ3n) is 3.70. The largest absolute Gasteiger partial charge is 0.394 e. The Morgan fingerprint density at radius 1 is 0.944 bits per heavy atom. The number of unbranched alkanes of at least 4 members (excludes halogenated alkanes) is 2. The minimum atomic E-state index is -1.94. The standard InChI is InChI=1S/C15H34O2Si/c1-7-11-12-13-16-18(9-3,10-4)17-15(8-2)14(5)6/h14-15H,7-13H2,1-6H3. The Labute approximate surface area is 116 Å². The van der Waals surface area contributed by atoms with Crippen LogP contribution in [0.2, 0.25) is 12.1 Å². The lowest BCUT2D eigenvalue weighted by Gasteiger charge is -2.34. The molecule has 2 nitrogen and oxygen atoms in total. The van der Waals surface area contributed by atoms with Crippen LogP contribution in [0.3, 0.4) is 0 Å². The normalized spacial score (nSPS) is 14.2. The Balaban J connectivity index is 4.39. The second-order valence-corrected chi connectivity index (χ2v) is 9.24. The van der Waals surface area contributed by atoms with Gasteiger partial charge in [0.1, 0.15) is 0 Å². The van der Waals surface area contributed by atoms with Gasteiger partial charge in [-0.05, 0) is 30.8 Å². The Kier molecular flexibility index (Phi) is 10.1. The van der Waals surface area contributed by atoms with Gasteiger partial charge in [-0.1, -0.05) is 54.4 Å². The van der Waals surface area contributed by atoms with Crippen LogP contribution in [0.4, 0.5) is 0 Å². The first-order valence-corrected chi connectivity index (χ1v) is 10.1. The highest BCUT2D eigenvalue weighted by molar-refractivity contribution is 6.67. The van der Waals surface area contributed by atoms with Gasteiger partial charge in [-0.15, -0.1) is 0 Å². The zero-order valence-corrected chi connectivity index (χ0v) is 14.4. The van der Waals surface area contributed by atoms with Crippen LogP contribution in [0.1, 0.15) is 67.2 Å². The molecule has 0 amide bonds. The lowest BCUT2D eigenvalue weighted by atomic mass is 10.1. The van der Waals surface area contributed by atoms with Crippen LogP contribution in [0, 0.1) is 5.92 Å². The quantitative estimate of drug-likeness (QED) is 0.384. The van der Waals surface area contributed by atoms with Crippen molar-refractivity contribution in [1.82, 2.24) is 0 Å². The molecule has 0 saturated heterocycles. The van der Waals surface area contributed by atoms with E-state index in [1.807, 2.05) is 0 Å². The van der Waals surface area contributed by atoms with Gasteiger partial charge in [-0.25, -0.2) is 0 Å². The third kappa shape index (κ3) is 6.35. The first-order chi connectivity index (χ1) is 8.55. The molecule has 0 heterocycles. The Morgan fingerprint density at radius 2 is 1.56 bits per heavy atom. The van der Waals surface area contributed by atoms with E-state index in [0.717, 1.165) is 25.1 Å².